The molecule has 1 heterocycles. The molecule has 2 aromatic carbocycles. The van der Waals surface area contributed by atoms with Gasteiger partial charge in [-0.3, -0.25) is 4.72 Å². The lowest BCUT2D eigenvalue weighted by Crippen LogP contribution is -2.13. The van der Waals surface area contributed by atoms with Crippen LogP contribution in [-0.2, 0) is 10.0 Å². The van der Waals surface area contributed by atoms with Crippen LogP contribution in [0.1, 0.15) is 5.56 Å². The lowest BCUT2D eigenvalue weighted by molar-refractivity contribution is 0.601. The SMILES string of the molecule is Cc1cnc(Cl)nc1Nc1ccc(Cl)c(NS(=O)(=O)c2ccccc2)c1. The Morgan fingerprint density at radius 2 is 1.77 bits per heavy atom. The predicted molar refractivity (Wildman–Crippen MR) is 104 cm³/mol. The van der Waals surface area contributed by atoms with Gasteiger partial charge in [0.2, 0.25) is 5.28 Å². The normalized spacial score (nSPS) is 11.2. The van der Waals surface area contributed by atoms with Crippen LogP contribution in [0.15, 0.2) is 59.6 Å². The highest BCUT2D eigenvalue weighted by molar-refractivity contribution is 7.92. The van der Waals surface area contributed by atoms with Crippen LogP contribution in [-0.4, -0.2) is 18.4 Å². The van der Waals surface area contributed by atoms with Crippen molar-refractivity contribution in [3.05, 3.63) is 70.6 Å². The molecule has 9 heteroatoms. The summed E-state index contributed by atoms with van der Waals surface area (Å²) in [5.41, 5.74) is 1.63. The molecule has 0 aliphatic carbocycles. The van der Waals surface area contributed by atoms with E-state index < -0.39 is 10.0 Å². The maximum absolute atomic E-state index is 12.5. The van der Waals surface area contributed by atoms with E-state index in [9.17, 15) is 8.42 Å². The number of nitrogens with one attached hydrogen (secondary N) is 2. The van der Waals surface area contributed by atoms with Gasteiger partial charge in [-0.25, -0.2) is 18.4 Å². The maximum atomic E-state index is 12.5. The Bertz CT molecular complexity index is 1040. The number of nitrogens with zero attached hydrogens (tertiary/aromatic N) is 2. The molecule has 3 rings (SSSR count). The van der Waals surface area contributed by atoms with Crippen molar-refractivity contribution < 1.29 is 8.42 Å². The molecule has 0 atom stereocenters. The van der Waals surface area contributed by atoms with Crippen LogP contribution in [0.2, 0.25) is 10.3 Å². The van der Waals surface area contributed by atoms with Crippen LogP contribution in [0.4, 0.5) is 17.2 Å². The second kappa shape index (κ2) is 7.49. The number of hydrogen-bond acceptors (Lipinski definition) is 5. The van der Waals surface area contributed by atoms with E-state index in [1.807, 2.05) is 6.92 Å². The van der Waals surface area contributed by atoms with E-state index in [-0.39, 0.29) is 20.9 Å². The van der Waals surface area contributed by atoms with Crippen LogP contribution in [0, 0.1) is 6.92 Å². The van der Waals surface area contributed by atoms with Gasteiger partial charge in [0, 0.05) is 17.4 Å². The fourth-order valence-corrected chi connectivity index (χ4v) is 3.61. The first-order valence-electron chi connectivity index (χ1n) is 7.49. The summed E-state index contributed by atoms with van der Waals surface area (Å²) in [5.74, 6) is 0.518. The average Bonchev–Trinajstić information content (AvgIpc) is 2.61. The third kappa shape index (κ3) is 4.24. The lowest BCUT2D eigenvalue weighted by Gasteiger charge is -2.13. The maximum Gasteiger partial charge on any atom is 0.261 e. The molecule has 0 spiro atoms. The molecule has 134 valence electrons. The van der Waals surface area contributed by atoms with Crippen LogP contribution in [0.3, 0.4) is 0 Å². The lowest BCUT2D eigenvalue weighted by atomic mass is 10.2. The Labute approximate surface area is 161 Å². The number of aryl methyl sites for hydroxylation is 1. The third-order valence-corrected chi connectivity index (χ3v) is 5.36. The van der Waals surface area contributed by atoms with Crippen LogP contribution < -0.4 is 10.0 Å². The van der Waals surface area contributed by atoms with Gasteiger partial charge < -0.3 is 5.32 Å². The smallest absolute Gasteiger partial charge is 0.261 e. The number of benzene rings is 2. The van der Waals surface area contributed by atoms with Crippen molar-refractivity contribution in [1.82, 2.24) is 9.97 Å². The Kier molecular flexibility index (Phi) is 5.31. The van der Waals surface area contributed by atoms with Gasteiger partial charge in [-0.15, -0.1) is 0 Å². The van der Waals surface area contributed by atoms with E-state index in [0.29, 0.717) is 11.5 Å². The summed E-state index contributed by atoms with van der Waals surface area (Å²) in [5, 5.41) is 3.46. The topological polar surface area (TPSA) is 84.0 Å². The number of aromatic nitrogens is 2. The van der Waals surface area contributed by atoms with Gasteiger partial charge >= 0.3 is 0 Å². The van der Waals surface area contributed by atoms with E-state index >= 15 is 0 Å². The van der Waals surface area contributed by atoms with Crippen molar-refractivity contribution in [2.45, 2.75) is 11.8 Å². The Morgan fingerprint density at radius 1 is 1.04 bits per heavy atom. The Hall–Kier alpha value is -2.35. The van der Waals surface area contributed by atoms with Gasteiger partial charge in [0.1, 0.15) is 5.82 Å². The molecule has 0 amide bonds. The molecule has 0 fully saturated rings. The second-order valence-corrected chi connectivity index (χ2v) is 7.84. The highest BCUT2D eigenvalue weighted by Crippen LogP contribution is 2.29. The first kappa shape index (κ1) is 18.4. The molecule has 0 radical (unpaired) electrons. The second-order valence-electron chi connectivity index (χ2n) is 5.41. The zero-order valence-electron chi connectivity index (χ0n) is 13.6. The van der Waals surface area contributed by atoms with E-state index in [1.165, 1.54) is 12.1 Å². The number of halogens is 2. The molecular formula is C17H14Cl2N4O2S. The molecule has 2 N–H and O–H groups in total. The number of anilines is 3. The fourth-order valence-electron chi connectivity index (χ4n) is 2.17. The minimum atomic E-state index is -3.75. The molecule has 0 unspecified atom stereocenters. The zero-order valence-corrected chi connectivity index (χ0v) is 15.9. The molecule has 0 aliphatic rings. The Balaban J connectivity index is 1.90. The van der Waals surface area contributed by atoms with Crippen molar-refractivity contribution in [3.63, 3.8) is 0 Å². The largest absolute Gasteiger partial charge is 0.340 e. The van der Waals surface area contributed by atoms with Crippen LogP contribution >= 0.6 is 23.2 Å². The molecule has 6 nitrogen and oxygen atoms in total. The minimum Gasteiger partial charge on any atom is -0.340 e. The van der Waals surface area contributed by atoms with E-state index in [2.05, 4.69) is 20.0 Å². The summed E-state index contributed by atoms with van der Waals surface area (Å²) in [6.45, 7) is 1.83. The molecule has 3 aromatic rings. The quantitative estimate of drug-likeness (QED) is 0.600. The monoisotopic (exact) mass is 408 g/mol. The summed E-state index contributed by atoms with van der Waals surface area (Å²) in [4.78, 5) is 8.16. The summed E-state index contributed by atoms with van der Waals surface area (Å²) in [6.07, 6.45) is 1.59. The summed E-state index contributed by atoms with van der Waals surface area (Å²) in [7, 11) is -3.75. The number of hydrogen-bond donors (Lipinski definition) is 2. The van der Waals surface area contributed by atoms with Crippen molar-refractivity contribution in [1.29, 1.82) is 0 Å². The highest BCUT2D eigenvalue weighted by Gasteiger charge is 2.16. The van der Waals surface area contributed by atoms with Crippen LogP contribution in [0.5, 0.6) is 0 Å². The van der Waals surface area contributed by atoms with Gasteiger partial charge in [-0.1, -0.05) is 29.8 Å². The summed E-state index contributed by atoms with van der Waals surface area (Å²) >= 11 is 12.0. The van der Waals surface area contributed by atoms with Crippen LogP contribution in [0.25, 0.3) is 0 Å². The van der Waals surface area contributed by atoms with Gasteiger partial charge in [-0.2, -0.15) is 0 Å². The van der Waals surface area contributed by atoms with Crippen molar-refractivity contribution >= 4 is 50.4 Å². The molecule has 0 saturated heterocycles. The third-order valence-electron chi connectivity index (χ3n) is 3.47. The minimum absolute atomic E-state index is 0.108. The van der Waals surface area contributed by atoms with E-state index in [4.69, 9.17) is 23.2 Å². The summed E-state index contributed by atoms with van der Waals surface area (Å²) < 4.78 is 27.5. The summed E-state index contributed by atoms with van der Waals surface area (Å²) in [6, 6.07) is 12.9. The van der Waals surface area contributed by atoms with E-state index in [0.717, 1.165) is 5.56 Å². The molecular weight excluding hydrogens is 395 g/mol. The van der Waals surface area contributed by atoms with Gasteiger partial charge in [0.15, 0.2) is 0 Å². The number of sulfonamides is 1. The first-order valence-corrected chi connectivity index (χ1v) is 9.73. The highest BCUT2D eigenvalue weighted by atomic mass is 35.5. The average molecular weight is 409 g/mol. The predicted octanol–water partition coefficient (Wildman–Crippen LogP) is 4.64. The molecule has 0 bridgehead atoms. The standard InChI is InChI=1S/C17H14Cl2N4O2S/c1-11-10-20-17(19)22-16(11)21-12-7-8-14(18)15(9-12)23-26(24,25)13-5-3-2-4-6-13/h2-10,23H,1H3,(H,20,21,22). The Morgan fingerprint density at radius 3 is 2.50 bits per heavy atom. The zero-order chi connectivity index (χ0) is 18.7. The van der Waals surface area contributed by atoms with Crippen molar-refractivity contribution in [3.8, 4) is 0 Å². The first-order chi connectivity index (χ1) is 12.3. The molecule has 0 aliphatic heterocycles. The van der Waals surface area contributed by atoms with Crippen molar-refractivity contribution in [2.75, 3.05) is 10.0 Å². The molecule has 0 saturated carbocycles. The van der Waals surface area contributed by atoms with Gasteiger partial charge in [0.25, 0.3) is 10.0 Å². The van der Waals surface area contributed by atoms with Gasteiger partial charge in [-0.05, 0) is 48.9 Å². The van der Waals surface area contributed by atoms with Gasteiger partial charge in [0.05, 0.1) is 15.6 Å². The number of rotatable bonds is 5. The van der Waals surface area contributed by atoms with Crippen molar-refractivity contribution in [2.24, 2.45) is 0 Å². The molecule has 1 aromatic heterocycles. The molecule has 26 heavy (non-hydrogen) atoms. The fraction of sp³-hybridized carbons (Fsp3) is 0.0588. The van der Waals surface area contributed by atoms with E-state index in [1.54, 1.807) is 42.6 Å².